The van der Waals surface area contributed by atoms with Crippen LogP contribution in [0.5, 0.6) is 17.2 Å². The lowest BCUT2D eigenvalue weighted by molar-refractivity contribution is 0.101. The van der Waals surface area contributed by atoms with Gasteiger partial charge in [0.05, 0.1) is 5.56 Å². The van der Waals surface area contributed by atoms with E-state index in [1.807, 2.05) is 60.7 Å². The Labute approximate surface area is 214 Å². The van der Waals surface area contributed by atoms with Gasteiger partial charge in [0.15, 0.2) is 5.76 Å². The molecule has 0 unspecified atom stereocenters. The first-order valence-corrected chi connectivity index (χ1v) is 12.8. The third kappa shape index (κ3) is 6.13. The van der Waals surface area contributed by atoms with Crippen molar-refractivity contribution in [2.75, 3.05) is 26.2 Å². The molecule has 0 aromatic heterocycles. The van der Waals surface area contributed by atoms with Crippen LogP contribution in [-0.4, -0.2) is 36.9 Å². The average molecular weight is 534 g/mol. The first-order valence-electron chi connectivity index (χ1n) is 12.0. The molecule has 2 aliphatic rings. The number of carbonyl (C=O) groups excluding carboxylic acids is 1. The minimum Gasteiger partial charge on any atom is -0.492 e. The average Bonchev–Trinajstić information content (AvgIpc) is 3.19. The molecule has 1 fully saturated rings. The first kappa shape index (κ1) is 23.6. The van der Waals surface area contributed by atoms with Crippen molar-refractivity contribution in [3.05, 3.63) is 93.7 Å². The number of fused-ring (bicyclic) bond motifs is 1. The van der Waals surface area contributed by atoms with Crippen LogP contribution in [0.3, 0.4) is 0 Å². The molecular weight excluding hydrogens is 506 g/mol. The van der Waals surface area contributed by atoms with Gasteiger partial charge in [-0.25, -0.2) is 0 Å². The van der Waals surface area contributed by atoms with Crippen molar-refractivity contribution in [2.24, 2.45) is 0 Å². The quantitative estimate of drug-likeness (QED) is 0.309. The van der Waals surface area contributed by atoms with E-state index < -0.39 is 0 Å². The SMILES string of the molecule is O=C1/C(=C/c2ccc(OCc3ccc(Br)cc3)cc2)Oc2cc(OCCN3CCCCC3)ccc21. The summed E-state index contributed by atoms with van der Waals surface area (Å²) >= 11 is 3.44. The Balaban J connectivity index is 1.17. The van der Waals surface area contributed by atoms with Gasteiger partial charge in [0.25, 0.3) is 0 Å². The number of rotatable bonds is 8. The summed E-state index contributed by atoms with van der Waals surface area (Å²) < 4.78 is 18.7. The Morgan fingerprint density at radius 2 is 1.63 bits per heavy atom. The zero-order valence-electron chi connectivity index (χ0n) is 19.5. The standard InChI is InChI=1S/C29H28BrNO4/c30-23-8-4-22(5-9-23)20-34-24-10-6-21(7-11-24)18-28-29(32)26-13-12-25(19-27(26)35-28)33-17-16-31-14-2-1-3-15-31/h4-13,18-19H,1-3,14-17,20H2/b28-18-. The second-order valence-electron chi connectivity index (χ2n) is 8.83. The van der Waals surface area contributed by atoms with E-state index in [1.54, 1.807) is 12.1 Å². The number of hydrogen-bond acceptors (Lipinski definition) is 5. The second kappa shape index (κ2) is 11.1. The van der Waals surface area contributed by atoms with Gasteiger partial charge in [-0.05, 0) is 79.5 Å². The Hall–Kier alpha value is -3.09. The minimum atomic E-state index is -0.115. The van der Waals surface area contributed by atoms with Gasteiger partial charge in [-0.3, -0.25) is 9.69 Å². The first-order chi connectivity index (χ1) is 17.1. The van der Waals surface area contributed by atoms with Gasteiger partial charge in [0.1, 0.15) is 30.5 Å². The molecule has 35 heavy (non-hydrogen) atoms. The molecule has 2 heterocycles. The number of Topliss-reactive ketones (excluding diaryl/α,β-unsaturated/α-hetero) is 1. The van der Waals surface area contributed by atoms with E-state index in [0.29, 0.717) is 30.3 Å². The van der Waals surface area contributed by atoms with Crippen molar-refractivity contribution in [2.45, 2.75) is 25.9 Å². The lowest BCUT2D eigenvalue weighted by atomic mass is 10.1. The van der Waals surface area contributed by atoms with Crippen LogP contribution in [0.15, 0.2) is 77.0 Å². The number of halogens is 1. The van der Waals surface area contributed by atoms with Gasteiger partial charge in [-0.15, -0.1) is 0 Å². The highest BCUT2D eigenvalue weighted by atomic mass is 79.9. The van der Waals surface area contributed by atoms with Gasteiger partial charge in [0, 0.05) is 17.1 Å². The number of ketones is 1. The van der Waals surface area contributed by atoms with Crippen molar-refractivity contribution in [1.82, 2.24) is 4.90 Å². The monoisotopic (exact) mass is 533 g/mol. The number of allylic oxidation sites excluding steroid dienone is 1. The number of benzene rings is 3. The smallest absolute Gasteiger partial charge is 0.231 e. The van der Waals surface area contributed by atoms with Crippen molar-refractivity contribution in [3.8, 4) is 17.2 Å². The number of nitrogens with zero attached hydrogens (tertiary/aromatic N) is 1. The molecule has 0 saturated carbocycles. The number of ether oxygens (including phenoxy) is 3. The largest absolute Gasteiger partial charge is 0.492 e. The summed E-state index contributed by atoms with van der Waals surface area (Å²) in [5.74, 6) is 2.24. The summed E-state index contributed by atoms with van der Waals surface area (Å²) in [4.78, 5) is 15.3. The second-order valence-corrected chi connectivity index (χ2v) is 9.75. The van der Waals surface area contributed by atoms with E-state index in [0.717, 1.165) is 46.7 Å². The highest BCUT2D eigenvalue weighted by Gasteiger charge is 2.27. The predicted octanol–water partition coefficient (Wildman–Crippen LogP) is 6.51. The third-order valence-electron chi connectivity index (χ3n) is 6.26. The fraction of sp³-hybridized carbons (Fsp3) is 0.276. The van der Waals surface area contributed by atoms with Crippen molar-refractivity contribution in [3.63, 3.8) is 0 Å². The summed E-state index contributed by atoms with van der Waals surface area (Å²) in [6.45, 7) is 4.35. The van der Waals surface area contributed by atoms with Gasteiger partial charge < -0.3 is 14.2 Å². The molecular formula is C29H28BrNO4. The van der Waals surface area contributed by atoms with Crippen molar-refractivity contribution < 1.29 is 19.0 Å². The number of likely N-dealkylation sites (tertiary alicyclic amines) is 1. The molecule has 0 N–H and O–H groups in total. The van der Waals surface area contributed by atoms with Crippen LogP contribution in [0.25, 0.3) is 6.08 Å². The molecule has 0 bridgehead atoms. The summed E-state index contributed by atoms with van der Waals surface area (Å²) in [5, 5.41) is 0. The van der Waals surface area contributed by atoms with E-state index in [4.69, 9.17) is 14.2 Å². The van der Waals surface area contributed by atoms with E-state index in [-0.39, 0.29) is 5.78 Å². The van der Waals surface area contributed by atoms with Crippen LogP contribution < -0.4 is 14.2 Å². The Morgan fingerprint density at radius 3 is 2.40 bits per heavy atom. The molecule has 6 heteroatoms. The van der Waals surface area contributed by atoms with E-state index in [9.17, 15) is 4.79 Å². The van der Waals surface area contributed by atoms with Crippen molar-refractivity contribution >= 4 is 27.8 Å². The van der Waals surface area contributed by atoms with Gasteiger partial charge in [0.2, 0.25) is 5.78 Å². The normalized spacial score (nSPS) is 16.7. The molecule has 0 amide bonds. The summed E-state index contributed by atoms with van der Waals surface area (Å²) in [7, 11) is 0. The zero-order valence-corrected chi connectivity index (χ0v) is 21.1. The van der Waals surface area contributed by atoms with Crippen LogP contribution in [-0.2, 0) is 6.61 Å². The number of carbonyl (C=O) groups is 1. The molecule has 5 rings (SSSR count). The molecule has 0 atom stereocenters. The molecule has 3 aromatic carbocycles. The molecule has 0 radical (unpaired) electrons. The van der Waals surface area contributed by atoms with Gasteiger partial charge in [-0.1, -0.05) is 46.6 Å². The maximum absolute atomic E-state index is 12.8. The van der Waals surface area contributed by atoms with Gasteiger partial charge >= 0.3 is 0 Å². The third-order valence-corrected chi connectivity index (χ3v) is 6.79. The summed E-state index contributed by atoms with van der Waals surface area (Å²) in [6, 6.07) is 21.1. The van der Waals surface area contributed by atoms with Crippen LogP contribution >= 0.6 is 15.9 Å². The fourth-order valence-electron chi connectivity index (χ4n) is 4.29. The summed E-state index contributed by atoms with van der Waals surface area (Å²) in [5.41, 5.74) is 2.53. The molecule has 180 valence electrons. The van der Waals surface area contributed by atoms with Crippen LogP contribution in [0, 0.1) is 0 Å². The Kier molecular flexibility index (Phi) is 7.50. The maximum atomic E-state index is 12.8. The predicted molar refractivity (Wildman–Crippen MR) is 140 cm³/mol. The Morgan fingerprint density at radius 1 is 0.886 bits per heavy atom. The highest BCUT2D eigenvalue weighted by Crippen LogP contribution is 2.35. The zero-order chi connectivity index (χ0) is 24.0. The topological polar surface area (TPSA) is 48.0 Å². The molecule has 3 aromatic rings. The van der Waals surface area contributed by atoms with E-state index in [1.165, 1.54) is 19.3 Å². The van der Waals surface area contributed by atoms with E-state index in [2.05, 4.69) is 20.8 Å². The number of piperidine rings is 1. The molecule has 1 saturated heterocycles. The lowest BCUT2D eigenvalue weighted by Crippen LogP contribution is -2.33. The van der Waals surface area contributed by atoms with Crippen LogP contribution in [0.2, 0.25) is 0 Å². The maximum Gasteiger partial charge on any atom is 0.231 e. The molecule has 2 aliphatic heterocycles. The molecule has 0 aliphatic carbocycles. The van der Waals surface area contributed by atoms with Crippen LogP contribution in [0.4, 0.5) is 0 Å². The highest BCUT2D eigenvalue weighted by molar-refractivity contribution is 9.10. The van der Waals surface area contributed by atoms with Crippen LogP contribution in [0.1, 0.15) is 40.7 Å². The van der Waals surface area contributed by atoms with Gasteiger partial charge in [-0.2, -0.15) is 0 Å². The number of hydrogen-bond donors (Lipinski definition) is 0. The van der Waals surface area contributed by atoms with Crippen molar-refractivity contribution in [1.29, 1.82) is 0 Å². The molecule has 0 spiro atoms. The Bertz CT molecular complexity index is 1200. The minimum absolute atomic E-state index is 0.115. The van der Waals surface area contributed by atoms with E-state index >= 15 is 0 Å². The molecule has 5 nitrogen and oxygen atoms in total. The summed E-state index contributed by atoms with van der Waals surface area (Å²) in [6.07, 6.45) is 5.63. The fourth-order valence-corrected chi connectivity index (χ4v) is 4.56. The lowest BCUT2D eigenvalue weighted by Gasteiger charge is -2.26.